The second-order valence-electron chi connectivity index (χ2n) is 7.26. The van der Waals surface area contributed by atoms with Crippen LogP contribution in [0.1, 0.15) is 36.3 Å². The lowest BCUT2D eigenvalue weighted by molar-refractivity contribution is -0.123. The average Bonchev–Trinajstić information content (AvgIpc) is 3.50. The summed E-state index contributed by atoms with van der Waals surface area (Å²) in [7, 11) is 0. The molecule has 1 aliphatic heterocycles. The van der Waals surface area contributed by atoms with Gasteiger partial charge in [-0.2, -0.15) is 5.26 Å². The summed E-state index contributed by atoms with van der Waals surface area (Å²) >= 11 is 0. The van der Waals surface area contributed by atoms with E-state index in [1.54, 1.807) is 0 Å². The number of carbonyl (C=O) groups excluding carboxylic acids is 1. The number of nitrogens with zero attached hydrogens (tertiary/aromatic N) is 2. The van der Waals surface area contributed by atoms with Crippen molar-refractivity contribution in [2.45, 2.75) is 31.2 Å². The Morgan fingerprint density at radius 2 is 1.73 bits per heavy atom. The highest BCUT2D eigenvalue weighted by atomic mass is 16.2. The molecule has 2 aromatic carbocycles. The minimum Gasteiger partial charge on any atom is -0.370 e. The Morgan fingerprint density at radius 3 is 2.46 bits per heavy atom. The molecule has 1 saturated carbocycles. The largest absolute Gasteiger partial charge is 0.370 e. The Morgan fingerprint density at radius 1 is 1.04 bits per heavy atom. The molecule has 4 rings (SSSR count). The number of carbonyl (C=O) groups is 1. The van der Waals surface area contributed by atoms with Gasteiger partial charge in [0.15, 0.2) is 0 Å². The van der Waals surface area contributed by atoms with Crippen LogP contribution in [0.4, 0.5) is 5.69 Å². The highest BCUT2D eigenvalue weighted by molar-refractivity contribution is 5.83. The van der Waals surface area contributed by atoms with Gasteiger partial charge in [-0.05, 0) is 42.9 Å². The lowest BCUT2D eigenvalue weighted by Crippen LogP contribution is -2.45. The highest BCUT2D eigenvalue weighted by Crippen LogP contribution is 2.47. The van der Waals surface area contributed by atoms with E-state index >= 15 is 0 Å². The summed E-state index contributed by atoms with van der Waals surface area (Å²) < 4.78 is 0. The van der Waals surface area contributed by atoms with Gasteiger partial charge in [0.2, 0.25) is 5.91 Å². The number of para-hydroxylation sites is 1. The van der Waals surface area contributed by atoms with Gasteiger partial charge in [-0.1, -0.05) is 42.5 Å². The summed E-state index contributed by atoms with van der Waals surface area (Å²) in [5.74, 6) is 0.725. The minimum absolute atomic E-state index is 0.134. The Hall–Kier alpha value is -2.80. The highest BCUT2D eigenvalue weighted by Gasteiger charge is 2.44. The van der Waals surface area contributed by atoms with Crippen molar-refractivity contribution in [3.63, 3.8) is 0 Å². The number of benzene rings is 2. The molecule has 4 nitrogen and oxygen atoms in total. The molecule has 0 unspecified atom stereocenters. The standard InChI is InChI=1S/C22H23N3O/c23-15-17-8-4-5-9-21(17)25-12-10-18(11-13-25)24-22(26)20-14-19(20)16-6-2-1-3-7-16/h1-9,18-20H,10-14H2,(H,24,26)/t19-,20-/m1/s1. The number of piperidine rings is 1. The molecule has 0 bridgehead atoms. The van der Waals surface area contributed by atoms with Gasteiger partial charge in [0.25, 0.3) is 0 Å². The summed E-state index contributed by atoms with van der Waals surface area (Å²) in [4.78, 5) is 14.8. The number of anilines is 1. The molecule has 0 spiro atoms. The fraction of sp³-hybridized carbons (Fsp3) is 0.364. The molecule has 2 aromatic rings. The maximum Gasteiger partial charge on any atom is 0.223 e. The summed E-state index contributed by atoms with van der Waals surface area (Å²) in [6.07, 6.45) is 2.81. The predicted octanol–water partition coefficient (Wildman–Crippen LogP) is 3.45. The van der Waals surface area contributed by atoms with Crippen LogP contribution in [0, 0.1) is 17.2 Å². The monoisotopic (exact) mass is 345 g/mol. The van der Waals surface area contributed by atoms with Crippen molar-refractivity contribution in [3.8, 4) is 6.07 Å². The number of nitrogens with one attached hydrogen (secondary N) is 1. The molecule has 2 aliphatic rings. The molecule has 1 amide bonds. The first-order chi connectivity index (χ1) is 12.8. The number of hydrogen-bond acceptors (Lipinski definition) is 3. The van der Waals surface area contributed by atoms with E-state index < -0.39 is 0 Å². The van der Waals surface area contributed by atoms with Gasteiger partial charge in [-0.3, -0.25) is 4.79 Å². The Bertz CT molecular complexity index is 819. The summed E-state index contributed by atoms with van der Waals surface area (Å²) in [6, 6.07) is 20.6. The van der Waals surface area contributed by atoms with Crippen LogP contribution in [0.3, 0.4) is 0 Å². The number of amides is 1. The molecule has 1 heterocycles. The zero-order valence-corrected chi connectivity index (χ0v) is 14.8. The lowest BCUT2D eigenvalue weighted by atomic mass is 10.0. The van der Waals surface area contributed by atoms with Gasteiger partial charge in [0.1, 0.15) is 6.07 Å². The van der Waals surface area contributed by atoms with Crippen molar-refractivity contribution >= 4 is 11.6 Å². The van der Waals surface area contributed by atoms with E-state index in [1.807, 2.05) is 42.5 Å². The van der Waals surface area contributed by atoms with Crippen LogP contribution in [-0.4, -0.2) is 25.0 Å². The normalized spacial score (nSPS) is 22.5. The van der Waals surface area contributed by atoms with Crippen molar-refractivity contribution in [3.05, 3.63) is 65.7 Å². The molecule has 132 valence electrons. The van der Waals surface area contributed by atoms with Gasteiger partial charge < -0.3 is 10.2 Å². The first kappa shape index (κ1) is 16.7. The molecular weight excluding hydrogens is 322 g/mol. The van der Waals surface area contributed by atoms with Crippen molar-refractivity contribution in [2.24, 2.45) is 5.92 Å². The van der Waals surface area contributed by atoms with Gasteiger partial charge in [-0.25, -0.2) is 0 Å². The van der Waals surface area contributed by atoms with E-state index in [2.05, 4.69) is 28.4 Å². The third-order valence-corrected chi connectivity index (χ3v) is 5.56. The third kappa shape index (κ3) is 3.43. The molecule has 0 radical (unpaired) electrons. The summed E-state index contributed by atoms with van der Waals surface area (Å²) in [6.45, 7) is 1.74. The zero-order valence-electron chi connectivity index (χ0n) is 14.8. The zero-order chi connectivity index (χ0) is 17.9. The molecule has 1 N–H and O–H groups in total. The number of hydrogen-bond donors (Lipinski definition) is 1. The Balaban J connectivity index is 1.29. The van der Waals surface area contributed by atoms with Crippen LogP contribution in [0.25, 0.3) is 0 Å². The molecular formula is C22H23N3O. The smallest absolute Gasteiger partial charge is 0.223 e. The second-order valence-corrected chi connectivity index (χ2v) is 7.26. The van der Waals surface area contributed by atoms with E-state index in [9.17, 15) is 10.1 Å². The molecule has 2 fully saturated rings. The number of rotatable bonds is 4. The van der Waals surface area contributed by atoms with Crippen LogP contribution in [0.5, 0.6) is 0 Å². The molecule has 1 saturated heterocycles. The maximum absolute atomic E-state index is 12.5. The second kappa shape index (κ2) is 7.21. The van der Waals surface area contributed by atoms with Crippen molar-refractivity contribution in [2.75, 3.05) is 18.0 Å². The van der Waals surface area contributed by atoms with Gasteiger partial charge in [0, 0.05) is 25.0 Å². The minimum atomic E-state index is 0.134. The van der Waals surface area contributed by atoms with Crippen molar-refractivity contribution in [1.29, 1.82) is 5.26 Å². The number of nitriles is 1. The first-order valence-corrected chi connectivity index (χ1v) is 9.35. The van der Waals surface area contributed by atoms with E-state index in [4.69, 9.17) is 0 Å². The van der Waals surface area contributed by atoms with E-state index in [-0.39, 0.29) is 17.9 Å². The van der Waals surface area contributed by atoms with Crippen LogP contribution < -0.4 is 10.2 Å². The van der Waals surface area contributed by atoms with Crippen molar-refractivity contribution < 1.29 is 4.79 Å². The fourth-order valence-electron chi connectivity index (χ4n) is 3.97. The van der Waals surface area contributed by atoms with Crippen LogP contribution in [0.2, 0.25) is 0 Å². The molecule has 4 heteroatoms. The topological polar surface area (TPSA) is 56.1 Å². The Labute approximate surface area is 154 Å². The molecule has 2 atom stereocenters. The SMILES string of the molecule is N#Cc1ccccc1N1CCC(NC(=O)[C@@H]2C[C@@H]2c2ccccc2)CC1. The first-order valence-electron chi connectivity index (χ1n) is 9.35. The quantitative estimate of drug-likeness (QED) is 0.923. The van der Waals surface area contributed by atoms with E-state index in [0.717, 1.165) is 43.6 Å². The van der Waals surface area contributed by atoms with Crippen LogP contribution in [0.15, 0.2) is 54.6 Å². The molecule has 0 aromatic heterocycles. The third-order valence-electron chi connectivity index (χ3n) is 5.56. The lowest BCUT2D eigenvalue weighted by Gasteiger charge is -2.34. The fourth-order valence-corrected chi connectivity index (χ4v) is 3.97. The summed E-state index contributed by atoms with van der Waals surface area (Å²) in [5.41, 5.74) is 3.00. The van der Waals surface area contributed by atoms with Crippen molar-refractivity contribution in [1.82, 2.24) is 5.32 Å². The van der Waals surface area contributed by atoms with E-state index in [0.29, 0.717) is 5.92 Å². The maximum atomic E-state index is 12.5. The Kier molecular flexibility index (Phi) is 4.62. The molecule has 26 heavy (non-hydrogen) atoms. The molecule has 1 aliphatic carbocycles. The van der Waals surface area contributed by atoms with Gasteiger partial charge >= 0.3 is 0 Å². The van der Waals surface area contributed by atoms with Crippen LogP contribution >= 0.6 is 0 Å². The summed E-state index contributed by atoms with van der Waals surface area (Å²) in [5, 5.41) is 12.5. The van der Waals surface area contributed by atoms with Crippen LogP contribution in [-0.2, 0) is 4.79 Å². The van der Waals surface area contributed by atoms with Gasteiger partial charge in [0.05, 0.1) is 11.3 Å². The van der Waals surface area contributed by atoms with E-state index in [1.165, 1.54) is 5.56 Å². The van der Waals surface area contributed by atoms with Gasteiger partial charge in [-0.15, -0.1) is 0 Å². The predicted molar refractivity (Wildman–Crippen MR) is 102 cm³/mol. The average molecular weight is 345 g/mol.